The van der Waals surface area contributed by atoms with E-state index in [1.54, 1.807) is 32.5 Å². The number of ether oxygens (including phenoxy) is 2. The van der Waals surface area contributed by atoms with E-state index in [9.17, 15) is 5.11 Å². The maximum absolute atomic E-state index is 10.6. The summed E-state index contributed by atoms with van der Waals surface area (Å²) in [6.45, 7) is 2.11. The van der Waals surface area contributed by atoms with Gasteiger partial charge in [-0.05, 0) is 24.1 Å². The van der Waals surface area contributed by atoms with Crippen molar-refractivity contribution in [2.24, 2.45) is 7.05 Å². The maximum atomic E-state index is 10.6. The molecular formula is C16H22N2O3. The molecule has 1 aromatic heterocycles. The van der Waals surface area contributed by atoms with E-state index < -0.39 is 6.10 Å². The number of imidazole rings is 1. The fourth-order valence-electron chi connectivity index (χ4n) is 2.37. The van der Waals surface area contributed by atoms with Crippen molar-refractivity contribution in [2.45, 2.75) is 25.9 Å². The minimum absolute atomic E-state index is 0.602. The van der Waals surface area contributed by atoms with Gasteiger partial charge < -0.3 is 19.1 Å². The third-order valence-electron chi connectivity index (χ3n) is 3.60. The highest BCUT2D eigenvalue weighted by molar-refractivity contribution is 5.44. The van der Waals surface area contributed by atoms with Crippen LogP contribution in [-0.2, 0) is 13.5 Å². The highest BCUT2D eigenvalue weighted by atomic mass is 16.5. The van der Waals surface area contributed by atoms with Crippen LogP contribution in [0.4, 0.5) is 0 Å². The topological polar surface area (TPSA) is 56.5 Å². The normalized spacial score (nSPS) is 12.2. The summed E-state index contributed by atoms with van der Waals surface area (Å²) in [5.41, 5.74) is 1.52. The Hall–Kier alpha value is -2.01. The van der Waals surface area contributed by atoms with E-state index >= 15 is 0 Å². The molecule has 2 aromatic rings. The highest BCUT2D eigenvalue weighted by Crippen LogP contribution is 2.32. The van der Waals surface area contributed by atoms with Crippen LogP contribution in [0.15, 0.2) is 24.4 Å². The van der Waals surface area contributed by atoms with Gasteiger partial charge in [-0.15, -0.1) is 0 Å². The van der Waals surface area contributed by atoms with Crippen LogP contribution in [-0.4, -0.2) is 28.9 Å². The van der Waals surface area contributed by atoms with E-state index in [1.807, 2.05) is 17.7 Å². The summed E-state index contributed by atoms with van der Waals surface area (Å²) >= 11 is 0. The summed E-state index contributed by atoms with van der Waals surface area (Å²) in [6, 6.07) is 5.41. The molecule has 0 saturated heterocycles. The third kappa shape index (κ3) is 3.03. The average Bonchev–Trinajstić information content (AvgIpc) is 2.87. The average molecular weight is 290 g/mol. The quantitative estimate of drug-likeness (QED) is 0.888. The van der Waals surface area contributed by atoms with Gasteiger partial charge in [0.15, 0.2) is 11.5 Å². The van der Waals surface area contributed by atoms with Crippen molar-refractivity contribution >= 4 is 0 Å². The Morgan fingerprint density at radius 1 is 1.24 bits per heavy atom. The number of aliphatic hydroxyl groups is 1. The van der Waals surface area contributed by atoms with Crippen LogP contribution in [0.5, 0.6) is 11.5 Å². The Balaban J connectivity index is 2.33. The fraction of sp³-hybridized carbons (Fsp3) is 0.438. The number of benzene rings is 1. The van der Waals surface area contributed by atoms with Crippen molar-refractivity contribution in [3.8, 4) is 11.5 Å². The van der Waals surface area contributed by atoms with Gasteiger partial charge in [-0.2, -0.15) is 0 Å². The van der Waals surface area contributed by atoms with Gasteiger partial charge in [0.05, 0.1) is 26.1 Å². The number of aryl methyl sites for hydroxylation is 1. The van der Waals surface area contributed by atoms with Crippen LogP contribution >= 0.6 is 0 Å². The third-order valence-corrected chi connectivity index (χ3v) is 3.60. The second-order valence-electron chi connectivity index (χ2n) is 4.93. The van der Waals surface area contributed by atoms with Crippen molar-refractivity contribution in [1.29, 1.82) is 0 Å². The van der Waals surface area contributed by atoms with Gasteiger partial charge in [0.1, 0.15) is 11.9 Å². The highest BCUT2D eigenvalue weighted by Gasteiger charge is 2.18. The summed E-state index contributed by atoms with van der Waals surface area (Å²) in [5, 5.41) is 10.6. The summed E-state index contributed by atoms with van der Waals surface area (Å²) in [4.78, 5) is 4.38. The number of methoxy groups -OCH3 is 2. The zero-order chi connectivity index (χ0) is 15.4. The maximum Gasteiger partial charge on any atom is 0.161 e. The Morgan fingerprint density at radius 3 is 2.57 bits per heavy atom. The lowest BCUT2D eigenvalue weighted by molar-refractivity contribution is 0.210. The van der Waals surface area contributed by atoms with Crippen molar-refractivity contribution < 1.29 is 14.6 Å². The van der Waals surface area contributed by atoms with Gasteiger partial charge >= 0.3 is 0 Å². The molecule has 114 valence electrons. The fourth-order valence-corrected chi connectivity index (χ4v) is 2.37. The molecule has 0 aliphatic rings. The minimum atomic E-state index is -0.743. The molecule has 21 heavy (non-hydrogen) atoms. The van der Waals surface area contributed by atoms with Crippen molar-refractivity contribution in [3.05, 3.63) is 41.5 Å². The van der Waals surface area contributed by atoms with Crippen LogP contribution < -0.4 is 9.47 Å². The minimum Gasteiger partial charge on any atom is -0.493 e. The van der Waals surface area contributed by atoms with Crippen LogP contribution in [0.3, 0.4) is 0 Å². The zero-order valence-electron chi connectivity index (χ0n) is 13.0. The SMILES string of the molecule is CCCc1ncc(C(O)c2ccc(OC)c(OC)c2)n1C. The molecule has 0 spiro atoms. The van der Waals surface area contributed by atoms with Crippen LogP contribution in [0.1, 0.15) is 36.5 Å². The molecule has 0 radical (unpaired) electrons. The molecule has 5 nitrogen and oxygen atoms in total. The summed E-state index contributed by atoms with van der Waals surface area (Å²) < 4.78 is 12.4. The van der Waals surface area contributed by atoms with Gasteiger partial charge in [0.2, 0.25) is 0 Å². The van der Waals surface area contributed by atoms with E-state index in [-0.39, 0.29) is 0 Å². The Labute approximate surface area is 125 Å². The molecule has 0 saturated carbocycles. The second-order valence-corrected chi connectivity index (χ2v) is 4.93. The lowest BCUT2D eigenvalue weighted by Crippen LogP contribution is -2.08. The Morgan fingerprint density at radius 2 is 1.95 bits per heavy atom. The first-order chi connectivity index (χ1) is 10.1. The van der Waals surface area contributed by atoms with Gasteiger partial charge in [-0.3, -0.25) is 0 Å². The Kier molecular flexibility index (Phi) is 4.85. The first kappa shape index (κ1) is 15.4. The van der Waals surface area contributed by atoms with Crippen molar-refractivity contribution in [3.63, 3.8) is 0 Å². The molecule has 2 rings (SSSR count). The lowest BCUT2D eigenvalue weighted by atomic mass is 10.1. The van der Waals surface area contributed by atoms with Crippen molar-refractivity contribution in [2.75, 3.05) is 14.2 Å². The summed E-state index contributed by atoms with van der Waals surface area (Å²) in [7, 11) is 5.10. The number of hydrogen-bond donors (Lipinski definition) is 1. The molecule has 1 N–H and O–H groups in total. The largest absolute Gasteiger partial charge is 0.493 e. The number of hydrogen-bond acceptors (Lipinski definition) is 4. The van der Waals surface area contributed by atoms with Crippen LogP contribution in [0.2, 0.25) is 0 Å². The molecule has 0 aliphatic heterocycles. The van der Waals surface area contributed by atoms with E-state index in [4.69, 9.17) is 9.47 Å². The zero-order valence-corrected chi connectivity index (χ0v) is 13.0. The van der Waals surface area contributed by atoms with Gasteiger partial charge in [-0.1, -0.05) is 13.0 Å². The molecule has 5 heteroatoms. The van der Waals surface area contributed by atoms with E-state index in [2.05, 4.69) is 11.9 Å². The molecule has 0 fully saturated rings. The molecule has 1 aromatic carbocycles. The molecular weight excluding hydrogens is 268 g/mol. The van der Waals surface area contributed by atoms with Crippen LogP contribution in [0, 0.1) is 0 Å². The smallest absolute Gasteiger partial charge is 0.161 e. The van der Waals surface area contributed by atoms with Gasteiger partial charge in [-0.25, -0.2) is 4.98 Å². The first-order valence-electron chi connectivity index (χ1n) is 7.02. The molecule has 1 heterocycles. The number of nitrogens with zero attached hydrogens (tertiary/aromatic N) is 2. The Bertz CT molecular complexity index is 608. The number of rotatable bonds is 6. The van der Waals surface area contributed by atoms with E-state index in [0.29, 0.717) is 11.5 Å². The van der Waals surface area contributed by atoms with Gasteiger partial charge in [0.25, 0.3) is 0 Å². The number of aromatic nitrogens is 2. The molecule has 1 unspecified atom stereocenters. The molecule has 0 bridgehead atoms. The lowest BCUT2D eigenvalue weighted by Gasteiger charge is -2.15. The summed E-state index contributed by atoms with van der Waals surface area (Å²) in [6.07, 6.45) is 2.91. The monoisotopic (exact) mass is 290 g/mol. The molecule has 0 amide bonds. The predicted octanol–water partition coefficient (Wildman–Crippen LogP) is 2.47. The van der Waals surface area contributed by atoms with E-state index in [0.717, 1.165) is 29.9 Å². The first-order valence-corrected chi connectivity index (χ1v) is 7.02. The second kappa shape index (κ2) is 6.63. The molecule has 0 aliphatic carbocycles. The van der Waals surface area contributed by atoms with E-state index in [1.165, 1.54) is 0 Å². The molecule has 1 atom stereocenters. The number of aliphatic hydroxyl groups excluding tert-OH is 1. The summed E-state index contributed by atoms with van der Waals surface area (Å²) in [5.74, 6) is 2.22. The van der Waals surface area contributed by atoms with Crippen molar-refractivity contribution in [1.82, 2.24) is 9.55 Å². The standard InChI is InChI=1S/C16H22N2O3/c1-5-6-15-17-10-12(18(15)2)16(19)11-7-8-13(20-3)14(9-11)21-4/h7-10,16,19H,5-6H2,1-4H3. The van der Waals surface area contributed by atoms with Gasteiger partial charge in [0, 0.05) is 13.5 Å². The predicted molar refractivity (Wildman–Crippen MR) is 80.8 cm³/mol. The van der Waals surface area contributed by atoms with Crippen LogP contribution in [0.25, 0.3) is 0 Å².